The van der Waals surface area contributed by atoms with Crippen LogP contribution in [0, 0.1) is 12.8 Å². The number of hydrogen-bond acceptors (Lipinski definition) is 1. The topological polar surface area (TPSA) is 9.23 Å². The first-order chi connectivity index (χ1) is 7.65. The fourth-order valence-electron chi connectivity index (χ4n) is 1.69. The molecule has 0 bridgehead atoms. The maximum atomic E-state index is 5.89. The Morgan fingerprint density at radius 3 is 2.69 bits per heavy atom. The van der Waals surface area contributed by atoms with Gasteiger partial charge in [-0.15, -0.1) is 11.6 Å². The van der Waals surface area contributed by atoms with E-state index >= 15 is 0 Å². The molecule has 0 spiro atoms. The van der Waals surface area contributed by atoms with Gasteiger partial charge in [-0.25, -0.2) is 0 Å². The Hall–Kier alpha value is -0.690. The van der Waals surface area contributed by atoms with Crippen LogP contribution in [0.3, 0.4) is 0 Å². The van der Waals surface area contributed by atoms with E-state index < -0.39 is 0 Å². The molecule has 1 nitrogen and oxygen atoms in total. The van der Waals surface area contributed by atoms with Gasteiger partial charge in [-0.1, -0.05) is 32.0 Å². The Balaban J connectivity index is 2.52. The van der Waals surface area contributed by atoms with Crippen LogP contribution in [0.5, 0.6) is 5.75 Å². The van der Waals surface area contributed by atoms with E-state index in [2.05, 4.69) is 26.8 Å². The van der Waals surface area contributed by atoms with Gasteiger partial charge >= 0.3 is 0 Å². The monoisotopic (exact) mass is 240 g/mol. The fourth-order valence-corrected chi connectivity index (χ4v) is 1.90. The van der Waals surface area contributed by atoms with Crippen molar-refractivity contribution >= 4 is 11.6 Å². The SMILES string of the molecule is Cc1cccc(CCl)c1OCCCC(C)C. The summed E-state index contributed by atoms with van der Waals surface area (Å²) in [5.74, 6) is 2.23. The molecule has 0 aliphatic rings. The van der Waals surface area contributed by atoms with Crippen LogP contribution >= 0.6 is 11.6 Å². The predicted octanol–water partition coefficient (Wildman–Crippen LogP) is 4.55. The minimum absolute atomic E-state index is 0.515. The lowest BCUT2D eigenvalue weighted by Gasteiger charge is -2.13. The Labute approximate surface area is 104 Å². The van der Waals surface area contributed by atoms with Crippen molar-refractivity contribution < 1.29 is 4.74 Å². The highest BCUT2D eigenvalue weighted by Crippen LogP contribution is 2.25. The van der Waals surface area contributed by atoms with Crippen molar-refractivity contribution in [3.63, 3.8) is 0 Å². The van der Waals surface area contributed by atoms with Crippen molar-refractivity contribution in [2.24, 2.45) is 5.92 Å². The molecular formula is C14H21ClO. The third-order valence-corrected chi connectivity index (χ3v) is 2.90. The van der Waals surface area contributed by atoms with Crippen molar-refractivity contribution in [3.05, 3.63) is 29.3 Å². The lowest BCUT2D eigenvalue weighted by atomic mass is 10.1. The zero-order valence-electron chi connectivity index (χ0n) is 10.4. The summed E-state index contributed by atoms with van der Waals surface area (Å²) < 4.78 is 5.82. The first kappa shape index (κ1) is 13.4. The van der Waals surface area contributed by atoms with E-state index in [1.54, 1.807) is 0 Å². The molecule has 0 aliphatic carbocycles. The van der Waals surface area contributed by atoms with Gasteiger partial charge in [0.05, 0.1) is 12.5 Å². The molecule has 16 heavy (non-hydrogen) atoms. The van der Waals surface area contributed by atoms with Crippen molar-refractivity contribution in [3.8, 4) is 5.75 Å². The summed E-state index contributed by atoms with van der Waals surface area (Å²) in [7, 11) is 0. The predicted molar refractivity (Wildman–Crippen MR) is 70.3 cm³/mol. The molecule has 0 heterocycles. The van der Waals surface area contributed by atoms with Crippen molar-refractivity contribution in [1.82, 2.24) is 0 Å². The van der Waals surface area contributed by atoms with Crippen LogP contribution in [0.4, 0.5) is 0 Å². The average molecular weight is 241 g/mol. The first-order valence-corrected chi connectivity index (χ1v) is 6.46. The normalized spacial score (nSPS) is 10.8. The standard InChI is InChI=1S/C14H21ClO/c1-11(2)6-5-9-16-14-12(3)7-4-8-13(14)10-15/h4,7-8,11H,5-6,9-10H2,1-3H3. The van der Waals surface area contributed by atoms with E-state index in [-0.39, 0.29) is 0 Å². The van der Waals surface area contributed by atoms with Gasteiger partial charge in [0.15, 0.2) is 0 Å². The smallest absolute Gasteiger partial charge is 0.126 e. The Bertz CT molecular complexity index is 321. The highest BCUT2D eigenvalue weighted by Gasteiger charge is 2.05. The van der Waals surface area contributed by atoms with E-state index in [9.17, 15) is 0 Å². The molecule has 0 saturated heterocycles. The molecule has 0 aliphatic heterocycles. The molecule has 1 aromatic carbocycles. The summed E-state index contributed by atoms with van der Waals surface area (Å²) in [6.07, 6.45) is 2.32. The highest BCUT2D eigenvalue weighted by atomic mass is 35.5. The molecule has 2 heteroatoms. The Kier molecular flexibility index (Phi) is 5.68. The van der Waals surface area contributed by atoms with Gasteiger partial charge in [-0.3, -0.25) is 0 Å². The fraction of sp³-hybridized carbons (Fsp3) is 0.571. The molecule has 0 atom stereocenters. The van der Waals surface area contributed by atoms with Crippen LogP contribution in [0.15, 0.2) is 18.2 Å². The highest BCUT2D eigenvalue weighted by molar-refractivity contribution is 6.17. The molecule has 0 N–H and O–H groups in total. The van der Waals surface area contributed by atoms with Crippen LogP contribution in [-0.2, 0) is 5.88 Å². The van der Waals surface area contributed by atoms with Gasteiger partial charge < -0.3 is 4.74 Å². The molecule has 0 amide bonds. The van der Waals surface area contributed by atoms with Gasteiger partial charge in [0, 0.05) is 5.56 Å². The number of halogens is 1. The molecular weight excluding hydrogens is 220 g/mol. The summed E-state index contributed by atoms with van der Waals surface area (Å²) >= 11 is 5.89. The van der Waals surface area contributed by atoms with Crippen LogP contribution in [0.2, 0.25) is 0 Å². The zero-order chi connectivity index (χ0) is 12.0. The number of aryl methyl sites for hydroxylation is 1. The number of alkyl halides is 1. The number of para-hydroxylation sites is 1. The van der Waals surface area contributed by atoms with Gasteiger partial charge in [0.1, 0.15) is 5.75 Å². The molecule has 0 saturated carbocycles. The number of hydrogen-bond donors (Lipinski definition) is 0. The third kappa shape index (κ3) is 4.05. The van der Waals surface area contributed by atoms with E-state index in [0.29, 0.717) is 5.88 Å². The summed E-state index contributed by atoms with van der Waals surface area (Å²) in [4.78, 5) is 0. The summed E-state index contributed by atoms with van der Waals surface area (Å²) in [6.45, 7) is 7.32. The van der Waals surface area contributed by atoms with Crippen LogP contribution in [-0.4, -0.2) is 6.61 Å². The molecule has 1 rings (SSSR count). The quantitative estimate of drug-likeness (QED) is 0.524. The van der Waals surface area contributed by atoms with Gasteiger partial charge in [0.2, 0.25) is 0 Å². The molecule has 0 aromatic heterocycles. The minimum atomic E-state index is 0.515. The van der Waals surface area contributed by atoms with E-state index in [1.165, 1.54) is 12.0 Å². The second kappa shape index (κ2) is 6.80. The largest absolute Gasteiger partial charge is 0.493 e. The van der Waals surface area contributed by atoms with Crippen molar-refractivity contribution in [2.45, 2.75) is 39.5 Å². The molecule has 90 valence electrons. The van der Waals surface area contributed by atoms with E-state index in [0.717, 1.165) is 30.3 Å². The lowest BCUT2D eigenvalue weighted by molar-refractivity contribution is 0.294. The maximum absolute atomic E-state index is 5.89. The molecule has 0 unspecified atom stereocenters. The van der Waals surface area contributed by atoms with Crippen LogP contribution in [0.25, 0.3) is 0 Å². The third-order valence-electron chi connectivity index (χ3n) is 2.61. The molecule has 1 aromatic rings. The lowest BCUT2D eigenvalue weighted by Crippen LogP contribution is -2.02. The number of rotatable bonds is 6. The summed E-state index contributed by atoms with van der Waals surface area (Å²) in [5, 5.41) is 0. The average Bonchev–Trinajstić information content (AvgIpc) is 2.25. The number of benzene rings is 1. The van der Waals surface area contributed by atoms with E-state index in [4.69, 9.17) is 16.3 Å². The van der Waals surface area contributed by atoms with Gasteiger partial charge in [-0.05, 0) is 31.2 Å². The van der Waals surface area contributed by atoms with Crippen molar-refractivity contribution in [1.29, 1.82) is 0 Å². The minimum Gasteiger partial charge on any atom is -0.493 e. The maximum Gasteiger partial charge on any atom is 0.126 e. The molecule has 0 fully saturated rings. The second-order valence-electron chi connectivity index (χ2n) is 4.58. The molecule has 0 radical (unpaired) electrons. The summed E-state index contributed by atoms with van der Waals surface area (Å²) in [6, 6.07) is 6.11. The van der Waals surface area contributed by atoms with Gasteiger partial charge in [-0.2, -0.15) is 0 Å². The first-order valence-electron chi connectivity index (χ1n) is 5.92. The Morgan fingerprint density at radius 2 is 2.06 bits per heavy atom. The Morgan fingerprint density at radius 1 is 1.31 bits per heavy atom. The van der Waals surface area contributed by atoms with Crippen LogP contribution in [0.1, 0.15) is 37.8 Å². The van der Waals surface area contributed by atoms with Crippen LogP contribution < -0.4 is 4.74 Å². The van der Waals surface area contributed by atoms with Crippen molar-refractivity contribution in [2.75, 3.05) is 6.61 Å². The zero-order valence-corrected chi connectivity index (χ0v) is 11.2. The number of ether oxygens (including phenoxy) is 1. The van der Waals surface area contributed by atoms with Gasteiger partial charge in [0.25, 0.3) is 0 Å². The summed E-state index contributed by atoms with van der Waals surface area (Å²) in [5.41, 5.74) is 2.26. The second-order valence-corrected chi connectivity index (χ2v) is 4.85. The van der Waals surface area contributed by atoms with E-state index in [1.807, 2.05) is 12.1 Å².